The van der Waals surface area contributed by atoms with E-state index in [1.165, 1.54) is 6.07 Å². The molecule has 130 valence electrons. The van der Waals surface area contributed by atoms with Gasteiger partial charge in [0.2, 0.25) is 5.82 Å². The van der Waals surface area contributed by atoms with Crippen LogP contribution in [0.2, 0.25) is 0 Å². The van der Waals surface area contributed by atoms with Crippen LogP contribution in [0.15, 0.2) is 48.5 Å². The largest absolute Gasteiger partial charge is 0.477 e. The Morgan fingerprint density at radius 1 is 1.04 bits per heavy atom. The van der Waals surface area contributed by atoms with Gasteiger partial charge in [0.05, 0.1) is 5.52 Å². The van der Waals surface area contributed by atoms with Crippen LogP contribution in [-0.2, 0) is 6.18 Å². The van der Waals surface area contributed by atoms with E-state index >= 15 is 0 Å². The van der Waals surface area contributed by atoms with Crippen molar-refractivity contribution in [3.05, 3.63) is 59.9 Å². The number of aromatic nitrogens is 2. The first-order chi connectivity index (χ1) is 11.9. The molecule has 0 aliphatic heterocycles. The molecule has 0 aliphatic carbocycles. The van der Waals surface area contributed by atoms with Gasteiger partial charge in [-0.15, -0.1) is 0 Å². The van der Waals surface area contributed by atoms with Crippen molar-refractivity contribution < 1.29 is 17.9 Å². The Balaban J connectivity index is 1.74. The third-order valence-electron chi connectivity index (χ3n) is 3.36. The summed E-state index contributed by atoms with van der Waals surface area (Å²) < 4.78 is 44.3. The number of hydrazine groups is 1. The van der Waals surface area contributed by atoms with Crippen molar-refractivity contribution in [3.63, 3.8) is 0 Å². The number of alkyl halides is 3. The highest BCUT2D eigenvalue weighted by Gasteiger charge is 2.35. The Morgan fingerprint density at radius 2 is 1.84 bits per heavy atom. The molecule has 0 saturated carbocycles. The van der Waals surface area contributed by atoms with Gasteiger partial charge < -0.3 is 10.2 Å². The predicted molar refractivity (Wildman–Crippen MR) is 88.0 cm³/mol. The second-order valence-corrected chi connectivity index (χ2v) is 5.32. The van der Waals surface area contributed by atoms with Crippen LogP contribution >= 0.6 is 0 Å². The van der Waals surface area contributed by atoms with Crippen molar-refractivity contribution >= 4 is 16.7 Å². The number of para-hydroxylation sites is 1. The highest BCUT2D eigenvalue weighted by atomic mass is 19.4. The molecular weight excluding hydrogens is 333 g/mol. The molecule has 0 unspecified atom stereocenters. The maximum Gasteiger partial charge on any atom is 0.451 e. The predicted octanol–water partition coefficient (Wildman–Crippen LogP) is 3.91. The zero-order chi connectivity index (χ0) is 17.9. The zero-order valence-corrected chi connectivity index (χ0v) is 13.3. The molecule has 3 rings (SSSR count). The first-order valence-corrected chi connectivity index (χ1v) is 7.46. The average molecular weight is 348 g/mol. The first kappa shape index (κ1) is 17.0. The number of fused-ring (bicyclic) bond motifs is 1. The van der Waals surface area contributed by atoms with Crippen LogP contribution in [-0.4, -0.2) is 16.7 Å². The zero-order valence-electron chi connectivity index (χ0n) is 13.3. The molecule has 3 aromatic rings. The van der Waals surface area contributed by atoms with Crippen molar-refractivity contribution in [1.29, 1.82) is 0 Å². The van der Waals surface area contributed by atoms with E-state index in [1.54, 1.807) is 24.3 Å². The van der Waals surface area contributed by atoms with Gasteiger partial charge in [0, 0.05) is 5.39 Å². The minimum absolute atomic E-state index is 0.0331. The van der Waals surface area contributed by atoms with Gasteiger partial charge in [-0.1, -0.05) is 24.3 Å². The second kappa shape index (κ2) is 6.94. The smallest absolute Gasteiger partial charge is 0.451 e. The van der Waals surface area contributed by atoms with Crippen LogP contribution in [0, 0.1) is 6.92 Å². The molecule has 1 aromatic heterocycles. The first-order valence-electron chi connectivity index (χ1n) is 7.46. The lowest BCUT2D eigenvalue weighted by Gasteiger charge is -2.13. The van der Waals surface area contributed by atoms with E-state index < -0.39 is 12.0 Å². The van der Waals surface area contributed by atoms with Crippen molar-refractivity contribution in [3.8, 4) is 5.75 Å². The Hall–Kier alpha value is -2.87. The Morgan fingerprint density at radius 3 is 2.60 bits per heavy atom. The molecule has 2 N–H and O–H groups in total. The Kier molecular flexibility index (Phi) is 4.71. The molecule has 0 aliphatic rings. The highest BCUT2D eigenvalue weighted by Crippen LogP contribution is 2.29. The number of aryl methyl sites for hydroxylation is 1. The average Bonchev–Trinajstić information content (AvgIpc) is 2.57. The molecule has 8 heteroatoms. The van der Waals surface area contributed by atoms with Gasteiger partial charge >= 0.3 is 6.18 Å². The SMILES string of the molecule is Cc1cccc(OCNNc2nc(C(F)(F)F)nc3ccccc23)c1. The molecule has 0 bridgehead atoms. The number of halogens is 3. The van der Waals surface area contributed by atoms with Gasteiger partial charge in [-0.3, -0.25) is 0 Å². The van der Waals surface area contributed by atoms with Gasteiger partial charge in [0.15, 0.2) is 12.5 Å². The molecule has 0 saturated heterocycles. The lowest BCUT2D eigenvalue weighted by molar-refractivity contribution is -0.144. The highest BCUT2D eigenvalue weighted by molar-refractivity contribution is 5.88. The molecule has 0 fully saturated rings. The molecule has 0 spiro atoms. The monoisotopic (exact) mass is 348 g/mol. The van der Waals surface area contributed by atoms with Crippen LogP contribution in [0.4, 0.5) is 19.0 Å². The van der Waals surface area contributed by atoms with E-state index in [1.807, 2.05) is 25.1 Å². The summed E-state index contributed by atoms with van der Waals surface area (Å²) >= 11 is 0. The van der Waals surface area contributed by atoms with Crippen molar-refractivity contribution in [2.45, 2.75) is 13.1 Å². The summed E-state index contributed by atoms with van der Waals surface area (Å²) in [6.45, 7) is 1.98. The standard InChI is InChI=1S/C17H15F3N4O/c1-11-5-4-6-12(9-11)25-10-21-24-15-13-7-2-3-8-14(13)22-16(23-15)17(18,19)20/h2-9,21H,10H2,1H3,(H,22,23,24). The third kappa shape index (κ3) is 4.16. The van der Waals surface area contributed by atoms with Gasteiger partial charge in [0.1, 0.15) is 5.75 Å². The number of nitrogens with one attached hydrogen (secondary N) is 2. The maximum absolute atomic E-state index is 12.9. The molecule has 0 atom stereocenters. The van der Waals surface area contributed by atoms with Gasteiger partial charge in [-0.05, 0) is 36.8 Å². The van der Waals surface area contributed by atoms with Crippen LogP contribution in [0.3, 0.4) is 0 Å². The number of rotatable bonds is 5. The van der Waals surface area contributed by atoms with Gasteiger partial charge in [-0.2, -0.15) is 18.6 Å². The minimum atomic E-state index is -4.63. The number of hydrogen-bond donors (Lipinski definition) is 2. The molecule has 2 aromatic carbocycles. The lowest BCUT2D eigenvalue weighted by atomic mass is 10.2. The summed E-state index contributed by atoms with van der Waals surface area (Å²) in [6, 6.07) is 13.9. The molecule has 0 radical (unpaired) electrons. The molecule has 1 heterocycles. The van der Waals surface area contributed by atoms with E-state index in [0.29, 0.717) is 11.1 Å². The summed E-state index contributed by atoms with van der Waals surface area (Å²) in [5.74, 6) is -0.515. The normalized spacial score (nSPS) is 11.5. The Bertz CT molecular complexity index is 883. The number of hydrogen-bond acceptors (Lipinski definition) is 5. The number of ether oxygens (including phenoxy) is 1. The van der Waals surface area contributed by atoms with Gasteiger partial charge in [-0.25, -0.2) is 9.97 Å². The fourth-order valence-corrected chi connectivity index (χ4v) is 2.24. The number of anilines is 1. The summed E-state index contributed by atoms with van der Waals surface area (Å²) in [5, 5.41) is 0.471. The van der Waals surface area contributed by atoms with E-state index in [-0.39, 0.29) is 18.1 Å². The summed E-state index contributed by atoms with van der Waals surface area (Å²) in [7, 11) is 0. The molecule has 5 nitrogen and oxygen atoms in total. The fraction of sp³-hybridized carbons (Fsp3) is 0.176. The quantitative estimate of drug-likeness (QED) is 0.416. The van der Waals surface area contributed by atoms with E-state index in [4.69, 9.17) is 4.74 Å². The topological polar surface area (TPSA) is 59.1 Å². The summed E-state index contributed by atoms with van der Waals surface area (Å²) in [4.78, 5) is 7.12. The Labute approximate surface area is 141 Å². The minimum Gasteiger partial charge on any atom is -0.477 e. The molecule has 25 heavy (non-hydrogen) atoms. The van der Waals surface area contributed by atoms with E-state index in [9.17, 15) is 13.2 Å². The maximum atomic E-state index is 12.9. The lowest BCUT2D eigenvalue weighted by Crippen LogP contribution is -2.28. The summed E-state index contributed by atoms with van der Waals surface area (Å²) in [5.41, 5.74) is 6.62. The van der Waals surface area contributed by atoms with Crippen LogP contribution in [0.25, 0.3) is 10.9 Å². The molecule has 0 amide bonds. The van der Waals surface area contributed by atoms with Crippen LogP contribution < -0.4 is 15.6 Å². The van der Waals surface area contributed by atoms with Crippen molar-refractivity contribution in [2.24, 2.45) is 0 Å². The van der Waals surface area contributed by atoms with Crippen molar-refractivity contribution in [2.75, 3.05) is 12.2 Å². The number of benzene rings is 2. The second-order valence-electron chi connectivity index (χ2n) is 5.32. The van der Waals surface area contributed by atoms with E-state index in [0.717, 1.165) is 5.56 Å². The van der Waals surface area contributed by atoms with E-state index in [2.05, 4.69) is 20.8 Å². The fourth-order valence-electron chi connectivity index (χ4n) is 2.24. The van der Waals surface area contributed by atoms with Crippen LogP contribution in [0.5, 0.6) is 5.75 Å². The molecular formula is C17H15F3N4O. The van der Waals surface area contributed by atoms with Crippen LogP contribution in [0.1, 0.15) is 11.4 Å². The summed E-state index contributed by atoms with van der Waals surface area (Å²) in [6.07, 6.45) is -4.63. The number of nitrogens with zero attached hydrogens (tertiary/aromatic N) is 2. The van der Waals surface area contributed by atoms with Crippen molar-refractivity contribution in [1.82, 2.24) is 15.4 Å². The van der Waals surface area contributed by atoms with Gasteiger partial charge in [0.25, 0.3) is 0 Å². The third-order valence-corrected chi connectivity index (χ3v) is 3.36.